The molecule has 0 radical (unpaired) electrons. The molecule has 18 heavy (non-hydrogen) atoms. The van der Waals surface area contributed by atoms with Gasteiger partial charge in [0, 0.05) is 17.6 Å². The maximum absolute atomic E-state index is 9.27. The topological polar surface area (TPSA) is 27.0 Å². The summed E-state index contributed by atoms with van der Waals surface area (Å²) in [6, 6.07) is 16.6. The highest BCUT2D eigenvalue weighted by Crippen LogP contribution is 2.33. The second-order valence-electron chi connectivity index (χ2n) is 4.37. The van der Waals surface area contributed by atoms with Gasteiger partial charge in [-0.3, -0.25) is 0 Å². The maximum atomic E-state index is 9.27. The van der Waals surface area contributed by atoms with E-state index in [-0.39, 0.29) is 0 Å². The standard InChI is InChI=1S/C15H11BrN2/c16-14-6-3-7-15(13(14)8-17)18-9-11-4-1-2-5-12(11)10-18/h1-7H,9-10H2. The minimum atomic E-state index is 0.713. The second kappa shape index (κ2) is 4.47. The minimum absolute atomic E-state index is 0.713. The van der Waals surface area contributed by atoms with Gasteiger partial charge in [-0.2, -0.15) is 5.26 Å². The summed E-state index contributed by atoms with van der Waals surface area (Å²) in [6.07, 6.45) is 0. The summed E-state index contributed by atoms with van der Waals surface area (Å²) in [7, 11) is 0. The van der Waals surface area contributed by atoms with E-state index in [1.165, 1.54) is 11.1 Å². The fourth-order valence-electron chi connectivity index (χ4n) is 2.39. The summed E-state index contributed by atoms with van der Waals surface area (Å²) in [6.45, 7) is 1.75. The molecule has 0 aromatic heterocycles. The molecule has 88 valence electrons. The first-order valence-electron chi connectivity index (χ1n) is 5.80. The molecule has 0 spiro atoms. The molecule has 0 unspecified atom stereocenters. The smallest absolute Gasteiger partial charge is 0.103 e. The summed E-state index contributed by atoms with van der Waals surface area (Å²) in [5.41, 5.74) is 4.41. The van der Waals surface area contributed by atoms with Crippen LogP contribution in [-0.2, 0) is 13.1 Å². The lowest BCUT2D eigenvalue weighted by Crippen LogP contribution is -2.15. The van der Waals surface area contributed by atoms with Gasteiger partial charge in [-0.1, -0.05) is 30.3 Å². The van der Waals surface area contributed by atoms with Crippen LogP contribution in [0.15, 0.2) is 46.9 Å². The van der Waals surface area contributed by atoms with Crippen LogP contribution in [-0.4, -0.2) is 0 Å². The van der Waals surface area contributed by atoms with Crippen molar-refractivity contribution in [1.82, 2.24) is 0 Å². The van der Waals surface area contributed by atoms with Crippen LogP contribution < -0.4 is 4.90 Å². The monoisotopic (exact) mass is 298 g/mol. The summed E-state index contributed by atoms with van der Waals surface area (Å²) in [5, 5.41) is 9.27. The summed E-state index contributed by atoms with van der Waals surface area (Å²) in [5.74, 6) is 0. The van der Waals surface area contributed by atoms with E-state index in [4.69, 9.17) is 0 Å². The highest BCUT2D eigenvalue weighted by molar-refractivity contribution is 9.10. The number of anilines is 1. The van der Waals surface area contributed by atoms with Crippen LogP contribution in [0.3, 0.4) is 0 Å². The average molecular weight is 299 g/mol. The van der Waals surface area contributed by atoms with Gasteiger partial charge >= 0.3 is 0 Å². The highest BCUT2D eigenvalue weighted by Gasteiger charge is 2.21. The first kappa shape index (κ1) is 11.3. The van der Waals surface area contributed by atoms with Crippen molar-refractivity contribution in [2.75, 3.05) is 4.90 Å². The first-order valence-corrected chi connectivity index (χ1v) is 6.59. The number of benzene rings is 2. The molecule has 1 aliphatic heterocycles. The molecule has 1 aliphatic rings. The van der Waals surface area contributed by atoms with Crippen molar-refractivity contribution in [3.05, 3.63) is 63.6 Å². The van der Waals surface area contributed by atoms with Crippen molar-refractivity contribution < 1.29 is 0 Å². The van der Waals surface area contributed by atoms with Gasteiger partial charge in [-0.05, 0) is 39.2 Å². The lowest BCUT2D eigenvalue weighted by molar-refractivity contribution is 0.878. The fourth-order valence-corrected chi connectivity index (χ4v) is 2.83. The van der Waals surface area contributed by atoms with E-state index in [1.807, 2.05) is 18.2 Å². The van der Waals surface area contributed by atoms with E-state index < -0.39 is 0 Å². The third-order valence-corrected chi connectivity index (χ3v) is 3.95. The SMILES string of the molecule is N#Cc1c(Br)cccc1N1Cc2ccccc2C1. The Bertz CT molecular complexity index is 618. The Kier molecular flexibility index (Phi) is 2.81. The van der Waals surface area contributed by atoms with Gasteiger partial charge in [0.25, 0.3) is 0 Å². The zero-order chi connectivity index (χ0) is 12.5. The largest absolute Gasteiger partial charge is 0.362 e. The predicted molar refractivity (Wildman–Crippen MR) is 75.2 cm³/mol. The van der Waals surface area contributed by atoms with Gasteiger partial charge in [-0.15, -0.1) is 0 Å². The Morgan fingerprint density at radius 3 is 2.28 bits per heavy atom. The summed E-state index contributed by atoms with van der Waals surface area (Å²) >= 11 is 3.44. The Balaban J connectivity index is 2.01. The molecular weight excluding hydrogens is 288 g/mol. The molecule has 1 heterocycles. The van der Waals surface area contributed by atoms with Crippen LogP contribution in [0.2, 0.25) is 0 Å². The number of rotatable bonds is 1. The number of nitriles is 1. The van der Waals surface area contributed by atoms with Gasteiger partial charge < -0.3 is 4.90 Å². The van der Waals surface area contributed by atoms with E-state index in [9.17, 15) is 5.26 Å². The predicted octanol–water partition coefficient (Wildman–Crippen LogP) is 3.84. The van der Waals surface area contributed by atoms with Gasteiger partial charge in [0.1, 0.15) is 6.07 Å². The molecule has 2 aromatic carbocycles. The number of hydrogen-bond acceptors (Lipinski definition) is 2. The zero-order valence-electron chi connectivity index (χ0n) is 9.73. The lowest BCUT2D eigenvalue weighted by Gasteiger charge is -2.19. The third kappa shape index (κ3) is 1.79. The third-order valence-electron chi connectivity index (χ3n) is 3.28. The van der Waals surface area contributed by atoms with Crippen LogP contribution in [0.1, 0.15) is 16.7 Å². The molecule has 0 amide bonds. The van der Waals surface area contributed by atoms with E-state index in [0.29, 0.717) is 5.56 Å². The van der Waals surface area contributed by atoms with E-state index in [2.05, 4.69) is 51.2 Å². The zero-order valence-corrected chi connectivity index (χ0v) is 11.3. The second-order valence-corrected chi connectivity index (χ2v) is 5.22. The normalized spacial score (nSPS) is 13.2. The summed E-state index contributed by atoms with van der Waals surface area (Å²) < 4.78 is 0.860. The number of nitrogens with zero attached hydrogens (tertiary/aromatic N) is 2. The molecular formula is C15H11BrN2. The molecule has 2 aromatic rings. The molecule has 3 heteroatoms. The van der Waals surface area contributed by atoms with E-state index >= 15 is 0 Å². The van der Waals surface area contributed by atoms with Crippen molar-refractivity contribution >= 4 is 21.6 Å². The van der Waals surface area contributed by atoms with Crippen molar-refractivity contribution in [3.8, 4) is 6.07 Å². The van der Waals surface area contributed by atoms with Crippen LogP contribution in [0.25, 0.3) is 0 Å². The highest BCUT2D eigenvalue weighted by atomic mass is 79.9. The molecule has 0 saturated heterocycles. The van der Waals surface area contributed by atoms with Gasteiger partial charge in [0.15, 0.2) is 0 Å². The lowest BCUT2D eigenvalue weighted by atomic mass is 10.1. The van der Waals surface area contributed by atoms with Crippen molar-refractivity contribution in [3.63, 3.8) is 0 Å². The molecule has 2 nitrogen and oxygen atoms in total. The van der Waals surface area contributed by atoms with Crippen LogP contribution in [0.4, 0.5) is 5.69 Å². The first-order chi connectivity index (χ1) is 8.79. The molecule has 0 aliphatic carbocycles. The van der Waals surface area contributed by atoms with Crippen LogP contribution >= 0.6 is 15.9 Å². The van der Waals surface area contributed by atoms with E-state index in [0.717, 1.165) is 23.2 Å². The van der Waals surface area contributed by atoms with Crippen molar-refractivity contribution in [2.24, 2.45) is 0 Å². The van der Waals surface area contributed by atoms with Crippen molar-refractivity contribution in [1.29, 1.82) is 5.26 Å². The van der Waals surface area contributed by atoms with Crippen LogP contribution in [0.5, 0.6) is 0 Å². The fraction of sp³-hybridized carbons (Fsp3) is 0.133. The number of hydrogen-bond donors (Lipinski definition) is 0. The quantitative estimate of drug-likeness (QED) is 0.800. The van der Waals surface area contributed by atoms with Crippen molar-refractivity contribution in [2.45, 2.75) is 13.1 Å². The molecule has 0 bridgehead atoms. The Morgan fingerprint density at radius 1 is 1.00 bits per heavy atom. The molecule has 0 saturated carbocycles. The summed E-state index contributed by atoms with van der Waals surface area (Å²) in [4.78, 5) is 2.24. The molecule has 3 rings (SSSR count). The minimum Gasteiger partial charge on any atom is -0.362 e. The van der Waals surface area contributed by atoms with Gasteiger partial charge in [0.05, 0.1) is 11.3 Å². The molecule has 0 atom stereocenters. The Labute approximate surface area is 115 Å². The molecule has 0 fully saturated rings. The average Bonchev–Trinajstić information content (AvgIpc) is 2.82. The maximum Gasteiger partial charge on any atom is 0.103 e. The van der Waals surface area contributed by atoms with Gasteiger partial charge in [-0.25, -0.2) is 0 Å². The van der Waals surface area contributed by atoms with E-state index in [1.54, 1.807) is 0 Å². The molecule has 0 N–H and O–H groups in total. The van der Waals surface area contributed by atoms with Crippen LogP contribution in [0, 0.1) is 11.3 Å². The van der Waals surface area contributed by atoms with Gasteiger partial charge in [0.2, 0.25) is 0 Å². The number of fused-ring (bicyclic) bond motifs is 1. The Morgan fingerprint density at radius 2 is 1.67 bits per heavy atom. The Hall–Kier alpha value is -1.79. The number of halogens is 1.